The first-order valence-corrected chi connectivity index (χ1v) is 11.2. The molecule has 1 aromatic rings. The van der Waals surface area contributed by atoms with Crippen LogP contribution in [0.4, 0.5) is 0 Å². The molecular formula is C16H25NOSSi. The molecule has 20 heavy (non-hydrogen) atoms. The van der Waals surface area contributed by atoms with Crippen molar-refractivity contribution in [1.29, 1.82) is 0 Å². The van der Waals surface area contributed by atoms with Gasteiger partial charge in [0.15, 0.2) is 0 Å². The van der Waals surface area contributed by atoms with E-state index in [2.05, 4.69) is 48.3 Å². The van der Waals surface area contributed by atoms with Crippen molar-refractivity contribution < 1.29 is 4.21 Å². The van der Waals surface area contributed by atoms with Crippen LogP contribution in [0.2, 0.25) is 19.1 Å². The summed E-state index contributed by atoms with van der Waals surface area (Å²) in [5.41, 5.74) is 0.995. The highest BCUT2D eigenvalue weighted by molar-refractivity contribution is 7.85. The van der Waals surface area contributed by atoms with Gasteiger partial charge in [-0.15, -0.1) is 6.58 Å². The Morgan fingerprint density at radius 3 is 2.25 bits per heavy atom. The van der Waals surface area contributed by atoms with Crippen LogP contribution in [0, 0.1) is 0 Å². The Bertz CT molecular complexity index is 512. The van der Waals surface area contributed by atoms with Gasteiger partial charge in [-0.3, -0.25) is 0 Å². The van der Waals surface area contributed by atoms with Gasteiger partial charge in [-0.05, 0) is 32.4 Å². The van der Waals surface area contributed by atoms with Gasteiger partial charge in [0.25, 0.3) is 0 Å². The van der Waals surface area contributed by atoms with E-state index in [0.717, 1.165) is 11.6 Å². The van der Waals surface area contributed by atoms with E-state index in [1.165, 1.54) is 5.19 Å². The Labute approximate surface area is 126 Å². The van der Waals surface area contributed by atoms with Gasteiger partial charge in [-0.2, -0.15) is 4.40 Å². The van der Waals surface area contributed by atoms with Crippen molar-refractivity contribution in [2.45, 2.75) is 44.7 Å². The van der Waals surface area contributed by atoms with Crippen LogP contribution < -0.4 is 5.19 Å². The summed E-state index contributed by atoms with van der Waals surface area (Å²) in [5.74, 6) is 0. The first-order chi connectivity index (χ1) is 9.16. The molecule has 0 spiro atoms. The second kappa shape index (κ2) is 6.63. The summed E-state index contributed by atoms with van der Waals surface area (Å²) >= 11 is 0. The highest BCUT2D eigenvalue weighted by Gasteiger charge is 2.21. The first kappa shape index (κ1) is 17.0. The Hall–Kier alpha value is -1.00. The maximum absolute atomic E-state index is 11.9. The van der Waals surface area contributed by atoms with Gasteiger partial charge in [0.1, 0.15) is 11.0 Å². The third-order valence-corrected chi connectivity index (χ3v) is 7.72. The van der Waals surface area contributed by atoms with E-state index < -0.39 is 19.1 Å². The zero-order valence-corrected chi connectivity index (χ0v) is 15.0. The molecule has 1 atom stereocenters. The topological polar surface area (TPSA) is 29.4 Å². The van der Waals surface area contributed by atoms with Gasteiger partial charge in [0, 0.05) is 6.21 Å². The molecule has 1 rings (SSSR count). The molecule has 4 heteroatoms. The van der Waals surface area contributed by atoms with Crippen LogP contribution in [0.5, 0.6) is 0 Å². The SMILES string of the molecule is C=CC[Si](C)(C)c1ccc(C=N[S@](=O)C(C)(C)C)cc1. The maximum atomic E-state index is 11.9. The molecule has 0 amide bonds. The molecule has 0 saturated heterocycles. The average molecular weight is 308 g/mol. The first-order valence-electron chi connectivity index (χ1n) is 6.84. The number of allylic oxidation sites excluding steroid dienone is 1. The lowest BCUT2D eigenvalue weighted by Gasteiger charge is -2.21. The molecule has 0 bridgehead atoms. The number of hydrogen-bond acceptors (Lipinski definition) is 1. The standard InChI is InChI=1S/C16H25NOSSi/c1-7-12-20(5,6)15-10-8-14(9-11-15)13-17-19(18)16(2,3)4/h7-11,13H,1,12H2,2-6H3/t19-/m1/s1. The Morgan fingerprint density at radius 2 is 1.80 bits per heavy atom. The number of hydrogen-bond donors (Lipinski definition) is 0. The zero-order chi connectivity index (χ0) is 15.4. The van der Waals surface area contributed by atoms with E-state index >= 15 is 0 Å². The molecule has 0 aromatic heterocycles. The summed E-state index contributed by atoms with van der Waals surface area (Å²) in [6.45, 7) is 14.3. The highest BCUT2D eigenvalue weighted by Crippen LogP contribution is 2.13. The minimum Gasteiger partial charge on any atom is -0.234 e. The van der Waals surface area contributed by atoms with E-state index in [4.69, 9.17) is 0 Å². The summed E-state index contributed by atoms with van der Waals surface area (Å²) < 4.78 is 15.7. The molecule has 0 aliphatic carbocycles. The molecule has 1 aromatic carbocycles. The summed E-state index contributed by atoms with van der Waals surface area (Å²) in [7, 11) is -2.60. The average Bonchev–Trinajstić information content (AvgIpc) is 2.35. The van der Waals surface area contributed by atoms with Crippen molar-refractivity contribution >= 4 is 30.5 Å². The van der Waals surface area contributed by atoms with E-state index in [9.17, 15) is 4.21 Å². The Morgan fingerprint density at radius 1 is 1.25 bits per heavy atom. The fourth-order valence-corrected chi connectivity index (χ4v) is 4.33. The van der Waals surface area contributed by atoms with Crippen LogP contribution >= 0.6 is 0 Å². The molecule has 0 unspecified atom stereocenters. The molecule has 0 aliphatic heterocycles. The van der Waals surface area contributed by atoms with Crippen LogP contribution in [-0.4, -0.2) is 23.2 Å². The van der Waals surface area contributed by atoms with Gasteiger partial charge in [-0.25, -0.2) is 4.21 Å². The van der Waals surface area contributed by atoms with E-state index in [0.29, 0.717) is 0 Å². The zero-order valence-electron chi connectivity index (χ0n) is 13.1. The lowest BCUT2D eigenvalue weighted by Crippen LogP contribution is -2.40. The van der Waals surface area contributed by atoms with Gasteiger partial charge >= 0.3 is 0 Å². The number of benzene rings is 1. The molecule has 0 N–H and O–H groups in total. The van der Waals surface area contributed by atoms with Crippen molar-refractivity contribution in [1.82, 2.24) is 0 Å². The maximum Gasteiger partial charge on any atom is 0.144 e. The van der Waals surface area contributed by atoms with Crippen molar-refractivity contribution in [3.05, 3.63) is 42.5 Å². The Kier molecular flexibility index (Phi) is 5.65. The third kappa shape index (κ3) is 4.83. The summed E-state index contributed by atoms with van der Waals surface area (Å²) in [5, 5.41) is 1.41. The Balaban J connectivity index is 2.85. The van der Waals surface area contributed by atoms with Crippen LogP contribution in [0.3, 0.4) is 0 Å². The highest BCUT2D eigenvalue weighted by atomic mass is 32.2. The smallest absolute Gasteiger partial charge is 0.144 e. The van der Waals surface area contributed by atoms with Gasteiger partial charge < -0.3 is 0 Å². The van der Waals surface area contributed by atoms with Crippen molar-refractivity contribution in [2.75, 3.05) is 0 Å². The largest absolute Gasteiger partial charge is 0.234 e. The number of nitrogens with zero attached hydrogens (tertiary/aromatic N) is 1. The lowest BCUT2D eigenvalue weighted by atomic mass is 10.2. The summed E-state index contributed by atoms with van der Waals surface area (Å²) in [6, 6.07) is 9.51. The van der Waals surface area contributed by atoms with Crippen molar-refractivity contribution in [2.24, 2.45) is 4.40 Å². The predicted octanol–water partition coefficient (Wildman–Crippen LogP) is 3.67. The van der Waals surface area contributed by atoms with E-state index in [1.54, 1.807) is 6.21 Å². The van der Waals surface area contributed by atoms with Crippen LogP contribution in [-0.2, 0) is 11.0 Å². The van der Waals surface area contributed by atoms with Gasteiger partial charge in [-0.1, -0.05) is 48.6 Å². The molecule has 0 radical (unpaired) electrons. The normalized spacial score (nSPS) is 14.4. The molecule has 0 fully saturated rings. The van der Waals surface area contributed by atoms with Crippen LogP contribution in [0.15, 0.2) is 41.3 Å². The number of rotatable bonds is 5. The predicted molar refractivity (Wildman–Crippen MR) is 94.1 cm³/mol. The van der Waals surface area contributed by atoms with E-state index in [-0.39, 0.29) is 4.75 Å². The van der Waals surface area contributed by atoms with Crippen LogP contribution in [0.25, 0.3) is 0 Å². The fraction of sp³-hybridized carbons (Fsp3) is 0.438. The minimum atomic E-state index is -1.40. The lowest BCUT2D eigenvalue weighted by molar-refractivity contribution is 0.651. The second-order valence-corrected chi connectivity index (χ2v) is 13.3. The van der Waals surface area contributed by atoms with Crippen LogP contribution in [0.1, 0.15) is 26.3 Å². The van der Waals surface area contributed by atoms with Gasteiger partial charge in [0.2, 0.25) is 0 Å². The fourth-order valence-electron chi connectivity index (χ4n) is 1.77. The minimum absolute atomic E-state index is 0.310. The molecule has 0 aliphatic rings. The molecule has 0 saturated carbocycles. The van der Waals surface area contributed by atoms with Crippen molar-refractivity contribution in [3.63, 3.8) is 0 Å². The third-order valence-electron chi connectivity index (χ3n) is 3.17. The quantitative estimate of drug-likeness (QED) is 0.463. The molecule has 0 heterocycles. The second-order valence-electron chi connectivity index (χ2n) is 6.59. The molecule has 2 nitrogen and oxygen atoms in total. The molecular weight excluding hydrogens is 282 g/mol. The van der Waals surface area contributed by atoms with Gasteiger partial charge in [0.05, 0.1) is 12.8 Å². The monoisotopic (exact) mass is 307 g/mol. The summed E-state index contributed by atoms with van der Waals surface area (Å²) in [6.07, 6.45) is 3.71. The summed E-state index contributed by atoms with van der Waals surface area (Å²) in [4.78, 5) is 0. The molecule has 110 valence electrons. The van der Waals surface area contributed by atoms with Crippen molar-refractivity contribution in [3.8, 4) is 0 Å². The van der Waals surface area contributed by atoms with E-state index in [1.807, 2.05) is 26.8 Å².